The number of aromatic nitrogens is 2. The molecule has 1 aromatic heterocycles. The van der Waals surface area contributed by atoms with Gasteiger partial charge in [-0.3, -0.25) is 4.68 Å². The van der Waals surface area contributed by atoms with E-state index < -0.39 is 0 Å². The van der Waals surface area contributed by atoms with Crippen molar-refractivity contribution in [3.63, 3.8) is 0 Å². The van der Waals surface area contributed by atoms with E-state index >= 15 is 0 Å². The highest BCUT2D eigenvalue weighted by molar-refractivity contribution is 5.22. The quantitative estimate of drug-likeness (QED) is 0.749. The van der Waals surface area contributed by atoms with E-state index in [0.717, 1.165) is 25.3 Å². The van der Waals surface area contributed by atoms with Crippen LogP contribution >= 0.6 is 0 Å². The topological polar surface area (TPSA) is 45.5 Å². The minimum absolute atomic E-state index is 0.0116. The molecule has 0 fully saturated rings. The monoisotopic (exact) mass is 240 g/mol. The van der Waals surface area contributed by atoms with Gasteiger partial charge in [0.05, 0.1) is 32.1 Å². The zero-order chi connectivity index (χ0) is 12.1. The van der Waals surface area contributed by atoms with Crippen molar-refractivity contribution in [3.05, 3.63) is 17.5 Å². The first-order valence-corrected chi connectivity index (χ1v) is 6.09. The highest BCUT2D eigenvalue weighted by atomic mass is 16.5. The Bertz CT molecular complexity index is 352. The Balaban J connectivity index is 2.05. The summed E-state index contributed by atoms with van der Waals surface area (Å²) in [6.45, 7) is 5.49. The van der Waals surface area contributed by atoms with Crippen molar-refractivity contribution >= 4 is 0 Å². The van der Waals surface area contributed by atoms with Crippen LogP contribution in [0.3, 0.4) is 0 Å². The molecule has 0 aromatic carbocycles. The summed E-state index contributed by atoms with van der Waals surface area (Å²) in [5.41, 5.74) is 2.30. The lowest BCUT2D eigenvalue weighted by Gasteiger charge is -2.21. The van der Waals surface area contributed by atoms with E-state index in [0.29, 0.717) is 19.8 Å². The summed E-state index contributed by atoms with van der Waals surface area (Å²) in [4.78, 5) is 0. The first-order valence-electron chi connectivity index (χ1n) is 6.09. The molecule has 0 aliphatic carbocycles. The molecule has 0 bridgehead atoms. The lowest BCUT2D eigenvalue weighted by molar-refractivity contribution is -0.0244. The summed E-state index contributed by atoms with van der Waals surface area (Å²) in [6, 6.07) is 0. The minimum Gasteiger partial charge on any atom is -0.383 e. The fourth-order valence-electron chi connectivity index (χ4n) is 1.98. The SMILES string of the molecule is CCOCC1OCCc2cn(CCOC)nc21. The first-order chi connectivity index (χ1) is 8.35. The molecule has 96 valence electrons. The molecule has 0 spiro atoms. The van der Waals surface area contributed by atoms with Gasteiger partial charge in [-0.25, -0.2) is 0 Å². The molecule has 2 rings (SSSR count). The molecule has 1 aliphatic heterocycles. The molecule has 5 nitrogen and oxygen atoms in total. The number of hydrogen-bond donors (Lipinski definition) is 0. The Morgan fingerprint density at radius 1 is 1.59 bits per heavy atom. The second-order valence-corrected chi connectivity index (χ2v) is 4.06. The minimum atomic E-state index is -0.0116. The molecule has 0 radical (unpaired) electrons. The lowest BCUT2D eigenvalue weighted by Crippen LogP contribution is -2.20. The van der Waals surface area contributed by atoms with Crippen LogP contribution in [0.15, 0.2) is 6.20 Å². The van der Waals surface area contributed by atoms with E-state index in [2.05, 4.69) is 11.3 Å². The van der Waals surface area contributed by atoms with Gasteiger partial charge in [0, 0.05) is 19.9 Å². The van der Waals surface area contributed by atoms with Gasteiger partial charge >= 0.3 is 0 Å². The Labute approximate surface area is 102 Å². The van der Waals surface area contributed by atoms with Gasteiger partial charge in [0.1, 0.15) is 6.10 Å². The molecule has 1 unspecified atom stereocenters. The summed E-state index contributed by atoms with van der Waals surface area (Å²) in [6.07, 6.45) is 3.02. The van der Waals surface area contributed by atoms with Crippen LogP contribution in [0.1, 0.15) is 24.3 Å². The second kappa shape index (κ2) is 6.14. The third kappa shape index (κ3) is 3.06. The fourth-order valence-corrected chi connectivity index (χ4v) is 1.98. The summed E-state index contributed by atoms with van der Waals surface area (Å²) in [7, 11) is 1.70. The molecule has 0 N–H and O–H groups in total. The smallest absolute Gasteiger partial charge is 0.125 e. The van der Waals surface area contributed by atoms with Gasteiger partial charge in [-0.05, 0) is 18.9 Å². The van der Waals surface area contributed by atoms with E-state index in [1.807, 2.05) is 11.6 Å². The zero-order valence-electron chi connectivity index (χ0n) is 10.5. The van der Waals surface area contributed by atoms with Crippen molar-refractivity contribution in [2.24, 2.45) is 0 Å². The van der Waals surface area contributed by atoms with Crippen LogP contribution in [0.25, 0.3) is 0 Å². The normalized spacial score (nSPS) is 19.3. The third-order valence-corrected chi connectivity index (χ3v) is 2.86. The maximum atomic E-state index is 5.69. The van der Waals surface area contributed by atoms with Crippen LogP contribution < -0.4 is 0 Å². The van der Waals surface area contributed by atoms with E-state index in [1.54, 1.807) is 7.11 Å². The summed E-state index contributed by atoms with van der Waals surface area (Å²) >= 11 is 0. The Hall–Kier alpha value is -0.910. The molecule has 1 atom stereocenters. The van der Waals surface area contributed by atoms with Crippen LogP contribution in [0.4, 0.5) is 0 Å². The molecule has 17 heavy (non-hydrogen) atoms. The summed E-state index contributed by atoms with van der Waals surface area (Å²) in [5.74, 6) is 0. The number of ether oxygens (including phenoxy) is 3. The van der Waals surface area contributed by atoms with Gasteiger partial charge in [0.2, 0.25) is 0 Å². The number of rotatable bonds is 6. The van der Waals surface area contributed by atoms with E-state index in [9.17, 15) is 0 Å². The van der Waals surface area contributed by atoms with Gasteiger partial charge in [-0.2, -0.15) is 5.10 Å². The Morgan fingerprint density at radius 2 is 2.47 bits per heavy atom. The second-order valence-electron chi connectivity index (χ2n) is 4.06. The molecule has 0 saturated heterocycles. The maximum Gasteiger partial charge on any atom is 0.125 e. The highest BCUT2D eigenvalue weighted by Gasteiger charge is 2.24. The number of methoxy groups -OCH3 is 1. The van der Waals surface area contributed by atoms with Crippen molar-refractivity contribution < 1.29 is 14.2 Å². The first kappa shape index (κ1) is 12.5. The Kier molecular flexibility index (Phi) is 4.53. The molecule has 0 saturated carbocycles. The predicted octanol–water partition coefficient (Wildman–Crippen LogP) is 1.18. The number of fused-ring (bicyclic) bond motifs is 1. The van der Waals surface area contributed by atoms with Crippen LogP contribution in [-0.4, -0.2) is 43.3 Å². The van der Waals surface area contributed by atoms with Gasteiger partial charge < -0.3 is 14.2 Å². The molecule has 1 aliphatic rings. The lowest BCUT2D eigenvalue weighted by atomic mass is 10.1. The standard InChI is InChI=1S/C12H20N2O3/c1-3-16-9-11-12-10(4-6-17-11)8-14(13-12)5-7-15-2/h8,11H,3-7,9H2,1-2H3. The van der Waals surface area contributed by atoms with E-state index in [-0.39, 0.29) is 6.10 Å². The van der Waals surface area contributed by atoms with E-state index in [4.69, 9.17) is 14.2 Å². The number of hydrogen-bond acceptors (Lipinski definition) is 4. The summed E-state index contributed by atoms with van der Waals surface area (Å²) < 4.78 is 18.1. The van der Waals surface area contributed by atoms with Crippen molar-refractivity contribution in [3.8, 4) is 0 Å². The van der Waals surface area contributed by atoms with Gasteiger partial charge in [0.25, 0.3) is 0 Å². The molecular weight excluding hydrogens is 220 g/mol. The van der Waals surface area contributed by atoms with Crippen LogP contribution in [0.5, 0.6) is 0 Å². The Morgan fingerprint density at radius 3 is 3.24 bits per heavy atom. The van der Waals surface area contributed by atoms with Crippen LogP contribution in [0, 0.1) is 0 Å². The van der Waals surface area contributed by atoms with Crippen LogP contribution in [0.2, 0.25) is 0 Å². The molecule has 5 heteroatoms. The zero-order valence-corrected chi connectivity index (χ0v) is 10.5. The van der Waals surface area contributed by atoms with Crippen molar-refractivity contribution in [1.29, 1.82) is 0 Å². The van der Waals surface area contributed by atoms with Crippen molar-refractivity contribution in [2.75, 3.05) is 33.5 Å². The average Bonchev–Trinajstić information content (AvgIpc) is 2.77. The van der Waals surface area contributed by atoms with Crippen molar-refractivity contribution in [2.45, 2.75) is 26.0 Å². The predicted molar refractivity (Wildman–Crippen MR) is 63.0 cm³/mol. The largest absolute Gasteiger partial charge is 0.383 e. The van der Waals surface area contributed by atoms with Gasteiger partial charge in [-0.1, -0.05) is 0 Å². The number of nitrogens with zero attached hydrogens (tertiary/aromatic N) is 2. The molecule has 0 amide bonds. The van der Waals surface area contributed by atoms with E-state index in [1.165, 1.54) is 5.56 Å². The maximum absolute atomic E-state index is 5.69. The molecule has 2 heterocycles. The average molecular weight is 240 g/mol. The third-order valence-electron chi connectivity index (χ3n) is 2.86. The van der Waals surface area contributed by atoms with Crippen molar-refractivity contribution in [1.82, 2.24) is 9.78 Å². The van der Waals surface area contributed by atoms with Crippen LogP contribution in [-0.2, 0) is 27.2 Å². The fraction of sp³-hybridized carbons (Fsp3) is 0.750. The van der Waals surface area contributed by atoms with Gasteiger partial charge in [-0.15, -0.1) is 0 Å². The van der Waals surface area contributed by atoms with Gasteiger partial charge in [0.15, 0.2) is 0 Å². The summed E-state index contributed by atoms with van der Waals surface area (Å²) in [5, 5.41) is 4.55. The highest BCUT2D eigenvalue weighted by Crippen LogP contribution is 2.25. The molecule has 1 aromatic rings. The molecular formula is C12H20N2O3.